The number of aryl methyl sites for hydroxylation is 1. The summed E-state index contributed by atoms with van der Waals surface area (Å²) in [5, 5.41) is 12.3. The van der Waals surface area contributed by atoms with E-state index >= 15 is 0 Å². The van der Waals surface area contributed by atoms with Crippen LogP contribution >= 0.6 is 11.6 Å². The third kappa shape index (κ3) is 6.76. The molecule has 0 bridgehead atoms. The van der Waals surface area contributed by atoms with Crippen LogP contribution in [-0.4, -0.2) is 32.2 Å². The molecule has 0 aliphatic heterocycles. The van der Waals surface area contributed by atoms with Crippen LogP contribution in [0.15, 0.2) is 42.0 Å². The predicted octanol–water partition coefficient (Wildman–Crippen LogP) is 4.40. The van der Waals surface area contributed by atoms with Crippen LogP contribution in [0, 0.1) is 11.3 Å². The van der Waals surface area contributed by atoms with Gasteiger partial charge in [-0.05, 0) is 54.8 Å². The molecule has 0 unspecified atom stereocenters. The Morgan fingerprint density at radius 2 is 1.90 bits per heavy atom. The van der Waals surface area contributed by atoms with E-state index < -0.39 is 11.9 Å². The third-order valence-corrected chi connectivity index (χ3v) is 4.47. The van der Waals surface area contributed by atoms with Crippen molar-refractivity contribution in [1.29, 1.82) is 5.26 Å². The standard InChI is InChI=1S/C23H23ClN2O5/c1-4-15-6-8-18(9-7-15)26-23(28)17(13-25)10-16-11-19(24)22(20(12-16)29-3)31-14-21(27)30-5-2/h6-12H,4-5,14H2,1-3H3,(H,26,28)/b17-10+. The molecule has 2 aromatic rings. The summed E-state index contributed by atoms with van der Waals surface area (Å²) in [6, 6.07) is 12.3. The second kappa shape index (κ2) is 11.6. The van der Waals surface area contributed by atoms with E-state index in [2.05, 4.69) is 5.32 Å². The van der Waals surface area contributed by atoms with Gasteiger partial charge in [0.1, 0.15) is 11.6 Å². The molecule has 0 saturated carbocycles. The zero-order valence-corrected chi connectivity index (χ0v) is 18.3. The highest BCUT2D eigenvalue weighted by Gasteiger charge is 2.16. The van der Waals surface area contributed by atoms with Crippen molar-refractivity contribution in [1.82, 2.24) is 0 Å². The fraction of sp³-hybridized carbons (Fsp3) is 0.261. The average molecular weight is 443 g/mol. The van der Waals surface area contributed by atoms with E-state index in [1.54, 1.807) is 25.1 Å². The van der Waals surface area contributed by atoms with Gasteiger partial charge in [-0.15, -0.1) is 0 Å². The zero-order chi connectivity index (χ0) is 22.8. The van der Waals surface area contributed by atoms with Crippen LogP contribution in [0.3, 0.4) is 0 Å². The Labute approximate surface area is 186 Å². The van der Waals surface area contributed by atoms with E-state index in [0.717, 1.165) is 12.0 Å². The largest absolute Gasteiger partial charge is 0.493 e. The van der Waals surface area contributed by atoms with Gasteiger partial charge in [0, 0.05) is 5.69 Å². The first-order valence-corrected chi connectivity index (χ1v) is 9.97. The van der Waals surface area contributed by atoms with Crippen molar-refractivity contribution in [3.05, 3.63) is 58.1 Å². The number of nitriles is 1. The van der Waals surface area contributed by atoms with Gasteiger partial charge in [0.2, 0.25) is 0 Å². The summed E-state index contributed by atoms with van der Waals surface area (Å²) in [7, 11) is 1.41. The van der Waals surface area contributed by atoms with E-state index in [9.17, 15) is 14.9 Å². The van der Waals surface area contributed by atoms with E-state index in [-0.39, 0.29) is 35.3 Å². The van der Waals surface area contributed by atoms with Gasteiger partial charge in [0.05, 0.1) is 18.7 Å². The number of methoxy groups -OCH3 is 1. The summed E-state index contributed by atoms with van der Waals surface area (Å²) < 4.78 is 15.5. The molecule has 0 fully saturated rings. The first-order chi connectivity index (χ1) is 14.9. The Kier molecular flexibility index (Phi) is 8.92. The van der Waals surface area contributed by atoms with Gasteiger partial charge >= 0.3 is 5.97 Å². The van der Waals surface area contributed by atoms with Crippen LogP contribution in [0.5, 0.6) is 11.5 Å². The zero-order valence-electron chi connectivity index (χ0n) is 17.5. The predicted molar refractivity (Wildman–Crippen MR) is 118 cm³/mol. The number of anilines is 1. The van der Waals surface area contributed by atoms with Gasteiger partial charge in [-0.2, -0.15) is 5.26 Å². The minimum absolute atomic E-state index is 0.113. The number of nitrogens with one attached hydrogen (secondary N) is 1. The van der Waals surface area contributed by atoms with Crippen LogP contribution in [-0.2, 0) is 20.7 Å². The lowest BCUT2D eigenvalue weighted by atomic mass is 10.1. The summed E-state index contributed by atoms with van der Waals surface area (Å²) in [6.45, 7) is 3.63. The summed E-state index contributed by atoms with van der Waals surface area (Å²) >= 11 is 6.27. The molecule has 1 amide bonds. The number of esters is 1. The SMILES string of the molecule is CCOC(=O)COc1c(Cl)cc(/C=C(\C#N)C(=O)Nc2ccc(CC)cc2)cc1OC. The smallest absolute Gasteiger partial charge is 0.344 e. The number of rotatable bonds is 9. The average Bonchev–Trinajstić information content (AvgIpc) is 2.76. The first-order valence-electron chi connectivity index (χ1n) is 9.59. The van der Waals surface area contributed by atoms with Crippen molar-refractivity contribution < 1.29 is 23.8 Å². The number of benzene rings is 2. The van der Waals surface area contributed by atoms with Crippen molar-refractivity contribution >= 4 is 35.2 Å². The Bertz CT molecular complexity index is 1010. The van der Waals surface area contributed by atoms with Crippen LogP contribution in [0.25, 0.3) is 6.08 Å². The molecule has 7 nitrogen and oxygen atoms in total. The van der Waals surface area contributed by atoms with E-state index in [0.29, 0.717) is 11.3 Å². The molecule has 0 aliphatic carbocycles. The number of amides is 1. The number of carbonyl (C=O) groups is 2. The second-order valence-electron chi connectivity index (χ2n) is 6.30. The van der Waals surface area contributed by atoms with Gasteiger partial charge in [-0.3, -0.25) is 4.79 Å². The molecule has 0 atom stereocenters. The summed E-state index contributed by atoms with van der Waals surface area (Å²) in [5.41, 5.74) is 2.07. The van der Waals surface area contributed by atoms with Crippen LogP contribution < -0.4 is 14.8 Å². The van der Waals surface area contributed by atoms with Gasteiger partial charge in [0.25, 0.3) is 5.91 Å². The van der Waals surface area contributed by atoms with Crippen LogP contribution in [0.2, 0.25) is 5.02 Å². The molecule has 8 heteroatoms. The Balaban J connectivity index is 2.22. The van der Waals surface area contributed by atoms with Crippen molar-refractivity contribution in [2.45, 2.75) is 20.3 Å². The van der Waals surface area contributed by atoms with Crippen molar-refractivity contribution in [2.24, 2.45) is 0 Å². The first kappa shape index (κ1) is 23.8. The van der Waals surface area contributed by atoms with E-state index in [1.165, 1.54) is 19.3 Å². The molecule has 0 heterocycles. The van der Waals surface area contributed by atoms with Gasteiger partial charge in [-0.25, -0.2) is 4.79 Å². The maximum atomic E-state index is 12.5. The molecular formula is C23H23ClN2O5. The lowest BCUT2D eigenvalue weighted by Gasteiger charge is -2.13. The molecular weight excluding hydrogens is 420 g/mol. The normalized spacial score (nSPS) is 10.7. The molecule has 0 radical (unpaired) electrons. The fourth-order valence-electron chi connectivity index (χ4n) is 2.63. The van der Waals surface area contributed by atoms with Gasteiger partial charge in [-0.1, -0.05) is 30.7 Å². The number of carbonyl (C=O) groups excluding carboxylic acids is 2. The van der Waals surface area contributed by atoms with Crippen LogP contribution in [0.1, 0.15) is 25.0 Å². The van der Waals surface area contributed by atoms with Crippen molar-refractivity contribution in [3.8, 4) is 17.6 Å². The summed E-state index contributed by atoms with van der Waals surface area (Å²) in [5.74, 6) is -0.686. The Morgan fingerprint density at radius 1 is 1.19 bits per heavy atom. The van der Waals surface area contributed by atoms with E-state index in [4.69, 9.17) is 25.8 Å². The minimum atomic E-state index is -0.551. The highest BCUT2D eigenvalue weighted by Crippen LogP contribution is 2.37. The Morgan fingerprint density at radius 3 is 2.48 bits per heavy atom. The topological polar surface area (TPSA) is 97.7 Å². The van der Waals surface area contributed by atoms with E-state index in [1.807, 2.05) is 25.1 Å². The second-order valence-corrected chi connectivity index (χ2v) is 6.71. The van der Waals surface area contributed by atoms with Crippen molar-refractivity contribution in [3.63, 3.8) is 0 Å². The number of halogens is 1. The molecule has 0 aromatic heterocycles. The van der Waals surface area contributed by atoms with Crippen molar-refractivity contribution in [2.75, 3.05) is 25.6 Å². The molecule has 31 heavy (non-hydrogen) atoms. The minimum Gasteiger partial charge on any atom is -0.493 e. The monoisotopic (exact) mass is 442 g/mol. The third-order valence-electron chi connectivity index (χ3n) is 4.19. The number of ether oxygens (including phenoxy) is 3. The maximum absolute atomic E-state index is 12.5. The molecule has 1 N–H and O–H groups in total. The molecule has 0 spiro atoms. The quantitative estimate of drug-likeness (QED) is 0.351. The Hall–Kier alpha value is -3.50. The number of hydrogen-bond donors (Lipinski definition) is 1. The molecule has 2 rings (SSSR count). The van der Waals surface area contributed by atoms with Crippen LogP contribution in [0.4, 0.5) is 5.69 Å². The fourth-order valence-corrected chi connectivity index (χ4v) is 2.91. The summed E-state index contributed by atoms with van der Waals surface area (Å²) in [6.07, 6.45) is 2.28. The number of nitrogens with zero attached hydrogens (tertiary/aromatic N) is 1. The van der Waals surface area contributed by atoms with Gasteiger partial charge in [0.15, 0.2) is 18.1 Å². The maximum Gasteiger partial charge on any atom is 0.344 e. The summed E-state index contributed by atoms with van der Waals surface area (Å²) in [4.78, 5) is 24.0. The van der Waals surface area contributed by atoms with Gasteiger partial charge < -0.3 is 19.5 Å². The lowest BCUT2D eigenvalue weighted by molar-refractivity contribution is -0.145. The molecule has 0 saturated heterocycles. The molecule has 162 valence electrons. The highest BCUT2D eigenvalue weighted by molar-refractivity contribution is 6.32. The molecule has 0 aliphatic rings. The molecule has 2 aromatic carbocycles. The number of hydrogen-bond acceptors (Lipinski definition) is 6. The highest BCUT2D eigenvalue weighted by atomic mass is 35.5. The lowest BCUT2D eigenvalue weighted by Crippen LogP contribution is -2.15.